The molecule has 0 aliphatic heterocycles. The Hall–Kier alpha value is -0.700. The van der Waals surface area contributed by atoms with Crippen molar-refractivity contribution in [3.63, 3.8) is 0 Å². The van der Waals surface area contributed by atoms with Gasteiger partial charge in [-0.15, -0.1) is 0 Å². The van der Waals surface area contributed by atoms with Gasteiger partial charge in [-0.1, -0.05) is 28.1 Å². The minimum Gasteiger partial charge on any atom is -0.493 e. The molecular formula is C10H13BrO2. The first-order valence-electron chi connectivity index (χ1n) is 4.13. The molecule has 0 unspecified atom stereocenters. The van der Waals surface area contributed by atoms with Crippen molar-refractivity contribution in [3.8, 4) is 11.5 Å². The first-order valence-corrected chi connectivity index (χ1v) is 5.25. The zero-order chi connectivity index (χ0) is 9.68. The molecule has 0 heterocycles. The summed E-state index contributed by atoms with van der Waals surface area (Å²) in [6.07, 6.45) is 0.149. The predicted octanol–water partition coefficient (Wildman–Crippen LogP) is 2.86. The first kappa shape index (κ1) is 10.4. The standard InChI is InChI=1S/C10H13BrO2/c1-8(7-11)13-10-6-4-3-5-9(10)12-2/h3-6,8H,7H2,1-2H3/t8-/m1/s1. The molecule has 72 valence electrons. The third kappa shape index (κ3) is 2.92. The fraction of sp³-hybridized carbons (Fsp3) is 0.400. The summed E-state index contributed by atoms with van der Waals surface area (Å²) >= 11 is 3.35. The van der Waals surface area contributed by atoms with Crippen molar-refractivity contribution < 1.29 is 9.47 Å². The molecule has 13 heavy (non-hydrogen) atoms. The summed E-state index contributed by atoms with van der Waals surface area (Å²) in [6.45, 7) is 2.00. The van der Waals surface area contributed by atoms with Gasteiger partial charge in [-0.05, 0) is 19.1 Å². The van der Waals surface area contributed by atoms with Gasteiger partial charge in [0.1, 0.15) is 6.10 Å². The lowest BCUT2D eigenvalue weighted by Crippen LogP contribution is -2.13. The number of rotatable bonds is 4. The minimum absolute atomic E-state index is 0.149. The maximum absolute atomic E-state index is 5.61. The van der Waals surface area contributed by atoms with Gasteiger partial charge < -0.3 is 9.47 Å². The quantitative estimate of drug-likeness (QED) is 0.759. The first-order chi connectivity index (χ1) is 6.27. The molecule has 0 aliphatic rings. The van der Waals surface area contributed by atoms with Crippen LogP contribution in [0.3, 0.4) is 0 Å². The van der Waals surface area contributed by atoms with Crippen LogP contribution in [0.15, 0.2) is 24.3 Å². The lowest BCUT2D eigenvalue weighted by atomic mass is 10.3. The third-order valence-electron chi connectivity index (χ3n) is 1.61. The average Bonchev–Trinajstić information content (AvgIpc) is 2.18. The molecule has 1 aromatic rings. The van der Waals surface area contributed by atoms with E-state index in [0.717, 1.165) is 16.8 Å². The van der Waals surface area contributed by atoms with Crippen LogP contribution in [0.25, 0.3) is 0 Å². The number of para-hydroxylation sites is 2. The fourth-order valence-corrected chi connectivity index (χ4v) is 1.10. The van der Waals surface area contributed by atoms with Gasteiger partial charge in [-0.2, -0.15) is 0 Å². The number of methoxy groups -OCH3 is 1. The Morgan fingerprint density at radius 2 is 1.92 bits per heavy atom. The smallest absolute Gasteiger partial charge is 0.161 e. The van der Waals surface area contributed by atoms with Crippen LogP contribution < -0.4 is 9.47 Å². The number of ether oxygens (including phenoxy) is 2. The van der Waals surface area contributed by atoms with Crippen LogP contribution in [0.4, 0.5) is 0 Å². The summed E-state index contributed by atoms with van der Waals surface area (Å²) in [5.74, 6) is 1.56. The van der Waals surface area contributed by atoms with E-state index < -0.39 is 0 Å². The Kier molecular flexibility index (Phi) is 4.09. The van der Waals surface area contributed by atoms with Crippen molar-refractivity contribution in [2.75, 3.05) is 12.4 Å². The molecule has 1 atom stereocenters. The number of halogens is 1. The summed E-state index contributed by atoms with van der Waals surface area (Å²) in [5, 5.41) is 0.811. The van der Waals surface area contributed by atoms with Crippen LogP contribution in [0.2, 0.25) is 0 Å². The van der Waals surface area contributed by atoms with Crippen LogP contribution in [0, 0.1) is 0 Å². The Labute approximate surface area is 87.0 Å². The second kappa shape index (κ2) is 5.12. The van der Waals surface area contributed by atoms with Gasteiger partial charge in [-0.3, -0.25) is 0 Å². The van der Waals surface area contributed by atoms with Gasteiger partial charge in [0, 0.05) is 5.33 Å². The van der Waals surface area contributed by atoms with Gasteiger partial charge in [0.15, 0.2) is 11.5 Å². The molecule has 0 amide bonds. The van der Waals surface area contributed by atoms with E-state index in [-0.39, 0.29) is 6.10 Å². The van der Waals surface area contributed by atoms with E-state index in [0.29, 0.717) is 0 Å². The van der Waals surface area contributed by atoms with E-state index in [1.54, 1.807) is 7.11 Å². The highest BCUT2D eigenvalue weighted by atomic mass is 79.9. The van der Waals surface area contributed by atoms with E-state index in [2.05, 4.69) is 15.9 Å². The van der Waals surface area contributed by atoms with Crippen molar-refractivity contribution >= 4 is 15.9 Å². The van der Waals surface area contributed by atoms with Crippen molar-refractivity contribution in [1.82, 2.24) is 0 Å². The maximum atomic E-state index is 5.61. The second-order valence-corrected chi connectivity index (χ2v) is 3.38. The van der Waals surface area contributed by atoms with Crippen molar-refractivity contribution in [2.45, 2.75) is 13.0 Å². The molecule has 0 aromatic heterocycles. The topological polar surface area (TPSA) is 18.5 Å². The Balaban J connectivity index is 2.74. The third-order valence-corrected chi connectivity index (χ3v) is 2.53. The van der Waals surface area contributed by atoms with Crippen molar-refractivity contribution in [2.24, 2.45) is 0 Å². The molecule has 0 spiro atoms. The van der Waals surface area contributed by atoms with Crippen LogP contribution >= 0.6 is 15.9 Å². The zero-order valence-corrected chi connectivity index (χ0v) is 9.37. The van der Waals surface area contributed by atoms with Gasteiger partial charge in [-0.25, -0.2) is 0 Å². The Bertz CT molecular complexity index is 263. The van der Waals surface area contributed by atoms with Crippen LogP contribution in [-0.2, 0) is 0 Å². The van der Waals surface area contributed by atoms with E-state index in [1.807, 2.05) is 31.2 Å². The Morgan fingerprint density at radius 3 is 2.46 bits per heavy atom. The largest absolute Gasteiger partial charge is 0.493 e. The number of hydrogen-bond donors (Lipinski definition) is 0. The van der Waals surface area contributed by atoms with E-state index in [4.69, 9.17) is 9.47 Å². The Morgan fingerprint density at radius 1 is 1.31 bits per heavy atom. The summed E-state index contributed by atoms with van der Waals surface area (Å²) in [6, 6.07) is 7.64. The number of alkyl halides is 1. The molecule has 0 saturated heterocycles. The predicted molar refractivity (Wildman–Crippen MR) is 56.9 cm³/mol. The maximum Gasteiger partial charge on any atom is 0.161 e. The number of benzene rings is 1. The molecule has 0 saturated carbocycles. The molecule has 1 rings (SSSR count). The highest BCUT2D eigenvalue weighted by Crippen LogP contribution is 2.26. The summed E-state index contributed by atoms with van der Waals surface area (Å²) in [4.78, 5) is 0. The molecular weight excluding hydrogens is 232 g/mol. The molecule has 0 N–H and O–H groups in total. The van der Waals surface area contributed by atoms with Gasteiger partial charge in [0.2, 0.25) is 0 Å². The second-order valence-electron chi connectivity index (χ2n) is 2.73. The molecule has 0 aliphatic carbocycles. The molecule has 2 nitrogen and oxygen atoms in total. The molecule has 1 aromatic carbocycles. The van der Waals surface area contributed by atoms with Crippen molar-refractivity contribution in [3.05, 3.63) is 24.3 Å². The lowest BCUT2D eigenvalue weighted by molar-refractivity contribution is 0.235. The zero-order valence-electron chi connectivity index (χ0n) is 7.79. The SMILES string of the molecule is COc1ccccc1O[C@H](C)CBr. The van der Waals surface area contributed by atoms with Crippen LogP contribution in [0.5, 0.6) is 11.5 Å². The summed E-state index contributed by atoms with van der Waals surface area (Å²) in [7, 11) is 1.64. The molecule has 0 bridgehead atoms. The highest BCUT2D eigenvalue weighted by molar-refractivity contribution is 9.09. The summed E-state index contributed by atoms with van der Waals surface area (Å²) in [5.41, 5.74) is 0. The van der Waals surface area contributed by atoms with Gasteiger partial charge in [0.25, 0.3) is 0 Å². The minimum atomic E-state index is 0.149. The summed E-state index contributed by atoms with van der Waals surface area (Å²) < 4.78 is 10.8. The van der Waals surface area contributed by atoms with Crippen molar-refractivity contribution in [1.29, 1.82) is 0 Å². The average molecular weight is 245 g/mol. The molecule has 0 radical (unpaired) electrons. The lowest BCUT2D eigenvalue weighted by Gasteiger charge is -2.14. The number of hydrogen-bond acceptors (Lipinski definition) is 2. The van der Waals surface area contributed by atoms with Crippen LogP contribution in [0.1, 0.15) is 6.92 Å². The highest BCUT2D eigenvalue weighted by Gasteiger charge is 2.06. The monoisotopic (exact) mass is 244 g/mol. The van der Waals surface area contributed by atoms with Gasteiger partial charge in [0.05, 0.1) is 7.11 Å². The van der Waals surface area contributed by atoms with Crippen LogP contribution in [-0.4, -0.2) is 18.5 Å². The molecule has 0 fully saturated rings. The van der Waals surface area contributed by atoms with E-state index in [9.17, 15) is 0 Å². The fourth-order valence-electron chi connectivity index (χ4n) is 0.964. The van der Waals surface area contributed by atoms with E-state index in [1.165, 1.54) is 0 Å². The normalized spacial score (nSPS) is 12.2. The van der Waals surface area contributed by atoms with E-state index >= 15 is 0 Å². The molecule has 3 heteroatoms. The van der Waals surface area contributed by atoms with Gasteiger partial charge >= 0.3 is 0 Å².